The first-order valence-corrected chi connectivity index (χ1v) is 7.20. The molecule has 0 aromatic carbocycles. The van der Waals surface area contributed by atoms with Crippen LogP contribution >= 0.6 is 11.3 Å². The molecular formula is C14H15FN4S. The van der Waals surface area contributed by atoms with Crippen LogP contribution in [0.5, 0.6) is 0 Å². The Kier molecular flexibility index (Phi) is 3.17. The minimum atomic E-state index is -0.327. The molecule has 1 atom stereocenters. The molecule has 0 saturated carbocycles. The van der Waals surface area contributed by atoms with Crippen LogP contribution in [0.1, 0.15) is 28.3 Å². The second kappa shape index (κ2) is 4.86. The van der Waals surface area contributed by atoms with E-state index in [4.69, 9.17) is 0 Å². The number of fused-ring (bicyclic) bond motifs is 1. The average Bonchev–Trinajstić information content (AvgIpc) is 2.91. The fraction of sp³-hybridized carbons (Fsp3) is 0.286. The molecule has 3 rings (SSSR count). The summed E-state index contributed by atoms with van der Waals surface area (Å²) in [6.07, 6.45) is 1.32. The lowest BCUT2D eigenvalue weighted by molar-refractivity contribution is 0.614. The van der Waals surface area contributed by atoms with E-state index in [9.17, 15) is 4.39 Å². The van der Waals surface area contributed by atoms with E-state index in [1.807, 2.05) is 0 Å². The van der Waals surface area contributed by atoms with Gasteiger partial charge in [0.05, 0.1) is 12.2 Å². The maximum Gasteiger partial charge on any atom is 0.243 e. The Morgan fingerprint density at radius 2 is 2.15 bits per heavy atom. The molecule has 1 unspecified atom stereocenters. The van der Waals surface area contributed by atoms with Crippen LogP contribution in [-0.2, 0) is 0 Å². The Balaban J connectivity index is 1.87. The van der Waals surface area contributed by atoms with E-state index in [0.29, 0.717) is 11.6 Å². The summed E-state index contributed by atoms with van der Waals surface area (Å²) in [4.78, 5) is 6.91. The quantitative estimate of drug-likeness (QED) is 0.799. The third kappa shape index (κ3) is 2.38. The summed E-state index contributed by atoms with van der Waals surface area (Å²) < 4.78 is 14.6. The Morgan fingerprint density at radius 1 is 1.35 bits per heavy atom. The maximum absolute atomic E-state index is 13.1. The molecule has 0 fully saturated rings. The Bertz CT molecular complexity index is 762. The predicted molar refractivity (Wildman–Crippen MR) is 78.8 cm³/mol. The number of pyridine rings is 1. The second-order valence-corrected chi connectivity index (χ2v) is 6.28. The summed E-state index contributed by atoms with van der Waals surface area (Å²) in [7, 11) is 0. The molecule has 104 valence electrons. The van der Waals surface area contributed by atoms with Gasteiger partial charge in [0.2, 0.25) is 5.95 Å². The summed E-state index contributed by atoms with van der Waals surface area (Å²) in [5.74, 6) is 0.178. The zero-order valence-corrected chi connectivity index (χ0v) is 12.3. The van der Waals surface area contributed by atoms with Crippen LogP contribution in [0.25, 0.3) is 5.65 Å². The summed E-state index contributed by atoms with van der Waals surface area (Å²) in [6.45, 7) is 6.28. The van der Waals surface area contributed by atoms with Gasteiger partial charge in [0.1, 0.15) is 5.82 Å². The van der Waals surface area contributed by atoms with Crippen molar-refractivity contribution in [3.05, 3.63) is 45.5 Å². The molecule has 1 N–H and O–H groups in total. The number of rotatable bonds is 3. The summed E-state index contributed by atoms with van der Waals surface area (Å²) in [5.41, 5.74) is 1.87. The fourth-order valence-corrected chi connectivity index (χ4v) is 3.29. The van der Waals surface area contributed by atoms with Crippen molar-refractivity contribution in [2.75, 3.05) is 5.32 Å². The van der Waals surface area contributed by atoms with Gasteiger partial charge in [-0.25, -0.2) is 8.91 Å². The van der Waals surface area contributed by atoms with Crippen molar-refractivity contribution in [2.24, 2.45) is 0 Å². The lowest BCUT2D eigenvalue weighted by Crippen LogP contribution is -2.08. The van der Waals surface area contributed by atoms with Crippen molar-refractivity contribution < 1.29 is 4.39 Å². The molecule has 3 heterocycles. The van der Waals surface area contributed by atoms with Gasteiger partial charge < -0.3 is 5.32 Å². The van der Waals surface area contributed by atoms with Crippen molar-refractivity contribution in [1.29, 1.82) is 0 Å². The largest absolute Gasteiger partial charge is 0.346 e. The number of nitrogens with zero attached hydrogens (tertiary/aromatic N) is 3. The first-order chi connectivity index (χ1) is 9.52. The van der Waals surface area contributed by atoms with Gasteiger partial charge in [0.15, 0.2) is 5.65 Å². The van der Waals surface area contributed by atoms with Crippen molar-refractivity contribution in [2.45, 2.75) is 26.8 Å². The number of aromatic nitrogens is 3. The lowest BCUT2D eigenvalue weighted by atomic mass is 10.1. The van der Waals surface area contributed by atoms with Crippen LogP contribution in [0.15, 0.2) is 24.4 Å². The number of anilines is 1. The Morgan fingerprint density at radius 3 is 2.85 bits per heavy atom. The summed E-state index contributed by atoms with van der Waals surface area (Å²) >= 11 is 1.78. The standard InChI is InChI=1S/C14H15FN4S/c1-8-6-12(10(3)20-8)9(2)16-14-17-13-5-4-11(15)7-19(13)18-14/h4-7,9H,1-3H3,(H,16,18). The molecule has 0 bridgehead atoms. The van der Waals surface area contributed by atoms with Gasteiger partial charge in [-0.1, -0.05) is 0 Å². The normalized spacial score (nSPS) is 12.8. The van der Waals surface area contributed by atoms with Crippen LogP contribution in [0.4, 0.5) is 10.3 Å². The molecule has 0 spiro atoms. The van der Waals surface area contributed by atoms with E-state index in [0.717, 1.165) is 0 Å². The van der Waals surface area contributed by atoms with E-state index >= 15 is 0 Å². The highest BCUT2D eigenvalue weighted by atomic mass is 32.1. The molecule has 6 heteroatoms. The monoisotopic (exact) mass is 290 g/mol. The van der Waals surface area contributed by atoms with Crippen molar-refractivity contribution in [3.8, 4) is 0 Å². The molecule has 0 aliphatic rings. The lowest BCUT2D eigenvalue weighted by Gasteiger charge is -2.11. The molecule has 3 aromatic heterocycles. The zero-order valence-electron chi connectivity index (χ0n) is 11.5. The van der Waals surface area contributed by atoms with E-state index in [1.54, 1.807) is 17.4 Å². The summed E-state index contributed by atoms with van der Waals surface area (Å²) in [5, 5.41) is 7.50. The smallest absolute Gasteiger partial charge is 0.243 e. The third-order valence-corrected chi connectivity index (χ3v) is 4.17. The highest BCUT2D eigenvalue weighted by Gasteiger charge is 2.13. The predicted octanol–water partition coefficient (Wildman–Crippen LogP) is 3.72. The van der Waals surface area contributed by atoms with Gasteiger partial charge in [-0.2, -0.15) is 4.98 Å². The third-order valence-electron chi connectivity index (χ3n) is 3.19. The molecule has 20 heavy (non-hydrogen) atoms. The number of hydrogen-bond acceptors (Lipinski definition) is 4. The first kappa shape index (κ1) is 13.1. The van der Waals surface area contributed by atoms with Crippen LogP contribution < -0.4 is 5.32 Å². The molecule has 0 radical (unpaired) electrons. The number of aryl methyl sites for hydroxylation is 2. The van der Waals surface area contributed by atoms with E-state index in [2.05, 4.69) is 42.2 Å². The van der Waals surface area contributed by atoms with E-state index < -0.39 is 0 Å². The highest BCUT2D eigenvalue weighted by molar-refractivity contribution is 7.12. The Labute approximate surface area is 120 Å². The molecule has 0 aliphatic heterocycles. The number of thiophene rings is 1. The molecule has 4 nitrogen and oxygen atoms in total. The molecule has 0 aliphatic carbocycles. The molecular weight excluding hydrogens is 275 g/mol. The topological polar surface area (TPSA) is 42.2 Å². The SMILES string of the molecule is Cc1cc(C(C)Nc2nc3ccc(F)cn3n2)c(C)s1. The van der Waals surface area contributed by atoms with Crippen LogP contribution in [0.3, 0.4) is 0 Å². The molecule has 0 amide bonds. The van der Waals surface area contributed by atoms with Crippen LogP contribution in [-0.4, -0.2) is 14.6 Å². The minimum absolute atomic E-state index is 0.113. The molecule has 3 aromatic rings. The first-order valence-electron chi connectivity index (χ1n) is 6.38. The van der Waals surface area contributed by atoms with Gasteiger partial charge in [-0.05, 0) is 44.5 Å². The van der Waals surface area contributed by atoms with E-state index in [1.165, 1.54) is 32.1 Å². The van der Waals surface area contributed by atoms with Gasteiger partial charge in [-0.15, -0.1) is 16.4 Å². The summed E-state index contributed by atoms with van der Waals surface area (Å²) in [6, 6.07) is 5.27. The van der Waals surface area contributed by atoms with Gasteiger partial charge in [0, 0.05) is 9.75 Å². The van der Waals surface area contributed by atoms with Crippen molar-refractivity contribution in [3.63, 3.8) is 0 Å². The van der Waals surface area contributed by atoms with Crippen LogP contribution in [0, 0.1) is 19.7 Å². The number of hydrogen-bond donors (Lipinski definition) is 1. The van der Waals surface area contributed by atoms with Gasteiger partial charge in [0.25, 0.3) is 0 Å². The van der Waals surface area contributed by atoms with Gasteiger partial charge in [-0.3, -0.25) is 0 Å². The van der Waals surface area contributed by atoms with Crippen LogP contribution in [0.2, 0.25) is 0 Å². The van der Waals surface area contributed by atoms with Crippen molar-refractivity contribution in [1.82, 2.24) is 14.6 Å². The number of halogens is 1. The second-order valence-electron chi connectivity index (χ2n) is 4.82. The fourth-order valence-electron chi connectivity index (χ4n) is 2.27. The zero-order chi connectivity index (χ0) is 14.3. The maximum atomic E-state index is 13.1. The van der Waals surface area contributed by atoms with Gasteiger partial charge >= 0.3 is 0 Å². The van der Waals surface area contributed by atoms with Crippen molar-refractivity contribution >= 4 is 22.9 Å². The molecule has 0 saturated heterocycles. The average molecular weight is 290 g/mol. The Hall–Kier alpha value is -1.95. The number of nitrogens with one attached hydrogen (secondary N) is 1. The minimum Gasteiger partial charge on any atom is -0.346 e. The highest BCUT2D eigenvalue weighted by Crippen LogP contribution is 2.27. The van der Waals surface area contributed by atoms with E-state index in [-0.39, 0.29) is 11.9 Å².